The highest BCUT2D eigenvalue weighted by molar-refractivity contribution is 5.96. The predicted molar refractivity (Wildman–Crippen MR) is 126 cm³/mol. The van der Waals surface area contributed by atoms with Gasteiger partial charge in [-0.05, 0) is 55.5 Å². The smallest absolute Gasteiger partial charge is 0.259 e. The van der Waals surface area contributed by atoms with Gasteiger partial charge in [-0.1, -0.05) is 36.3 Å². The lowest BCUT2D eigenvalue weighted by Crippen LogP contribution is -2.38. The number of benzene rings is 1. The summed E-state index contributed by atoms with van der Waals surface area (Å²) in [5.41, 5.74) is 4.34. The van der Waals surface area contributed by atoms with Crippen LogP contribution in [0, 0.1) is 19.8 Å². The Bertz CT molecular complexity index is 1110. The third-order valence-corrected chi connectivity index (χ3v) is 6.19. The first-order chi connectivity index (χ1) is 16.0. The van der Waals surface area contributed by atoms with E-state index in [2.05, 4.69) is 29.2 Å². The number of nitrogens with zero attached hydrogens (tertiary/aromatic N) is 4. The van der Waals surface area contributed by atoms with Crippen molar-refractivity contribution in [1.82, 2.24) is 19.9 Å². The topological polar surface area (TPSA) is 79.5 Å². The first kappa shape index (κ1) is 22.7. The van der Waals surface area contributed by atoms with Crippen molar-refractivity contribution >= 4 is 11.8 Å². The molecule has 3 heterocycles. The molecule has 1 atom stereocenters. The maximum atomic E-state index is 13.4. The van der Waals surface area contributed by atoms with E-state index in [0.29, 0.717) is 49.6 Å². The second-order valence-electron chi connectivity index (χ2n) is 8.61. The summed E-state index contributed by atoms with van der Waals surface area (Å²) in [5.74, 6) is 0.199. The van der Waals surface area contributed by atoms with Gasteiger partial charge in [-0.15, -0.1) is 0 Å². The van der Waals surface area contributed by atoms with Gasteiger partial charge in [0.05, 0.1) is 11.6 Å². The van der Waals surface area contributed by atoms with Crippen LogP contribution in [0.2, 0.25) is 0 Å². The summed E-state index contributed by atoms with van der Waals surface area (Å²) in [7, 11) is 0. The maximum Gasteiger partial charge on any atom is 0.259 e. The molecule has 0 aliphatic carbocycles. The lowest BCUT2D eigenvalue weighted by molar-refractivity contribution is -0.134. The Kier molecular flexibility index (Phi) is 6.87. The van der Waals surface area contributed by atoms with Gasteiger partial charge in [0.15, 0.2) is 0 Å². The molecule has 4 rings (SSSR count). The molecule has 0 N–H and O–H groups in total. The number of aryl methyl sites for hydroxylation is 2. The van der Waals surface area contributed by atoms with Gasteiger partial charge in [-0.25, -0.2) is 0 Å². The number of hydrogen-bond donors (Lipinski definition) is 0. The molecule has 3 aromatic rings. The maximum absolute atomic E-state index is 13.4. The molecule has 1 aliphatic rings. The average molecular weight is 447 g/mol. The van der Waals surface area contributed by atoms with E-state index in [1.165, 1.54) is 0 Å². The van der Waals surface area contributed by atoms with Gasteiger partial charge >= 0.3 is 0 Å². The zero-order chi connectivity index (χ0) is 23.4. The minimum absolute atomic E-state index is 0.111. The molecular formula is C26H30N4O3. The molecule has 1 aliphatic heterocycles. The molecule has 1 aromatic carbocycles. The summed E-state index contributed by atoms with van der Waals surface area (Å²) < 4.78 is 5.22. The predicted octanol–water partition coefficient (Wildman–Crippen LogP) is 3.91. The van der Waals surface area contributed by atoms with E-state index >= 15 is 0 Å². The lowest BCUT2D eigenvalue weighted by atomic mass is 9.94. The van der Waals surface area contributed by atoms with Gasteiger partial charge in [0.1, 0.15) is 11.3 Å². The first-order valence-electron chi connectivity index (χ1n) is 11.5. The van der Waals surface area contributed by atoms with Gasteiger partial charge in [0, 0.05) is 38.6 Å². The lowest BCUT2D eigenvalue weighted by Gasteiger charge is -2.24. The van der Waals surface area contributed by atoms with Crippen molar-refractivity contribution < 1.29 is 14.1 Å². The first-order valence-corrected chi connectivity index (χ1v) is 11.5. The molecule has 7 nitrogen and oxygen atoms in total. The number of rotatable bonds is 6. The molecule has 33 heavy (non-hydrogen) atoms. The molecule has 2 aromatic heterocycles. The van der Waals surface area contributed by atoms with E-state index < -0.39 is 0 Å². The van der Waals surface area contributed by atoms with Crippen molar-refractivity contribution in [3.8, 4) is 11.1 Å². The molecule has 0 unspecified atom stereocenters. The quantitative estimate of drug-likeness (QED) is 0.574. The van der Waals surface area contributed by atoms with Crippen LogP contribution < -0.4 is 0 Å². The van der Waals surface area contributed by atoms with Crippen LogP contribution in [0.3, 0.4) is 0 Å². The monoisotopic (exact) mass is 446 g/mol. The molecule has 1 saturated heterocycles. The average Bonchev–Trinajstić information content (AvgIpc) is 3.09. The third kappa shape index (κ3) is 4.97. The van der Waals surface area contributed by atoms with Crippen LogP contribution in [0.4, 0.5) is 0 Å². The van der Waals surface area contributed by atoms with Crippen LogP contribution in [0.25, 0.3) is 11.1 Å². The molecule has 0 radical (unpaired) electrons. The minimum Gasteiger partial charge on any atom is -0.361 e. The van der Waals surface area contributed by atoms with Gasteiger partial charge in [0.25, 0.3) is 5.91 Å². The number of carbonyl (C=O) groups is 2. The van der Waals surface area contributed by atoms with Gasteiger partial charge in [0.2, 0.25) is 5.91 Å². The Morgan fingerprint density at radius 1 is 1.12 bits per heavy atom. The van der Waals surface area contributed by atoms with Crippen molar-refractivity contribution in [2.75, 3.05) is 26.2 Å². The zero-order valence-electron chi connectivity index (χ0n) is 19.5. The van der Waals surface area contributed by atoms with Crippen LogP contribution in [0.1, 0.15) is 40.7 Å². The Balaban J connectivity index is 1.60. The highest BCUT2D eigenvalue weighted by Gasteiger charge is 2.34. The Morgan fingerprint density at radius 2 is 1.91 bits per heavy atom. The second-order valence-corrected chi connectivity index (χ2v) is 8.61. The fraction of sp³-hybridized carbons (Fsp3) is 0.385. The largest absolute Gasteiger partial charge is 0.361 e. The highest BCUT2D eigenvalue weighted by atomic mass is 16.5. The van der Waals surface area contributed by atoms with Crippen molar-refractivity contribution in [3.63, 3.8) is 0 Å². The van der Waals surface area contributed by atoms with E-state index in [4.69, 9.17) is 4.52 Å². The highest BCUT2D eigenvalue weighted by Crippen LogP contribution is 2.24. The summed E-state index contributed by atoms with van der Waals surface area (Å²) in [4.78, 5) is 34.6. The van der Waals surface area contributed by atoms with E-state index in [1.807, 2.05) is 29.2 Å². The van der Waals surface area contributed by atoms with E-state index in [9.17, 15) is 9.59 Å². The number of aromatic nitrogens is 2. The number of carbonyl (C=O) groups excluding carboxylic acids is 2. The molecule has 172 valence electrons. The van der Waals surface area contributed by atoms with E-state index in [0.717, 1.165) is 23.1 Å². The van der Waals surface area contributed by atoms with Crippen molar-refractivity contribution in [1.29, 1.82) is 0 Å². The molecule has 2 amide bonds. The Hall–Kier alpha value is -3.48. The number of pyridine rings is 1. The fourth-order valence-electron chi connectivity index (χ4n) is 4.53. The molecule has 0 bridgehead atoms. The summed E-state index contributed by atoms with van der Waals surface area (Å²) in [5, 5.41) is 3.94. The number of hydrogen-bond acceptors (Lipinski definition) is 5. The SMILES string of the molecule is CCCN1CCN(C(=O)c2c(C)noc2C)C[C@@H](Cc2cccc(-c3ccncc3)c2)C1=O. The van der Waals surface area contributed by atoms with Crippen LogP contribution in [-0.2, 0) is 11.2 Å². The molecule has 7 heteroatoms. The second kappa shape index (κ2) is 9.98. The Labute approximate surface area is 194 Å². The number of amides is 2. The van der Waals surface area contributed by atoms with Crippen LogP contribution in [-0.4, -0.2) is 57.9 Å². The molecule has 0 spiro atoms. The van der Waals surface area contributed by atoms with E-state index in [-0.39, 0.29) is 17.7 Å². The fourth-order valence-corrected chi connectivity index (χ4v) is 4.53. The normalized spacial score (nSPS) is 16.7. The van der Waals surface area contributed by atoms with E-state index in [1.54, 1.807) is 31.1 Å². The minimum atomic E-state index is -0.309. The summed E-state index contributed by atoms with van der Waals surface area (Å²) in [6.07, 6.45) is 5.01. The van der Waals surface area contributed by atoms with Crippen molar-refractivity contribution in [2.24, 2.45) is 5.92 Å². The van der Waals surface area contributed by atoms with Crippen LogP contribution in [0.5, 0.6) is 0 Å². The van der Waals surface area contributed by atoms with Gasteiger partial charge in [-0.3, -0.25) is 14.6 Å². The van der Waals surface area contributed by atoms with Crippen molar-refractivity contribution in [2.45, 2.75) is 33.6 Å². The third-order valence-electron chi connectivity index (χ3n) is 6.19. The zero-order valence-corrected chi connectivity index (χ0v) is 19.5. The molecular weight excluding hydrogens is 416 g/mol. The van der Waals surface area contributed by atoms with Gasteiger partial charge < -0.3 is 14.3 Å². The van der Waals surface area contributed by atoms with Gasteiger partial charge in [-0.2, -0.15) is 0 Å². The summed E-state index contributed by atoms with van der Waals surface area (Å²) >= 11 is 0. The van der Waals surface area contributed by atoms with Crippen molar-refractivity contribution in [3.05, 3.63) is 71.4 Å². The Morgan fingerprint density at radius 3 is 2.61 bits per heavy atom. The van der Waals surface area contributed by atoms with Crippen LogP contribution >= 0.6 is 0 Å². The summed E-state index contributed by atoms with van der Waals surface area (Å²) in [6, 6.07) is 12.2. The molecule has 0 saturated carbocycles. The molecule has 1 fully saturated rings. The summed E-state index contributed by atoms with van der Waals surface area (Å²) in [6.45, 7) is 7.71. The standard InChI is InChI=1S/C26H30N4O3/c1-4-12-29-13-14-30(26(32)24-18(2)28-33-19(24)3)17-23(25(29)31)16-20-6-5-7-22(15-20)21-8-10-27-11-9-21/h5-11,15,23H,4,12-14,16-17H2,1-3H3/t23-/m1/s1. The van der Waals surface area contributed by atoms with Crippen LogP contribution in [0.15, 0.2) is 53.3 Å².